The number of rotatable bonds is 10. The molecule has 2 aromatic carbocycles. The Bertz CT molecular complexity index is 963. The van der Waals surface area contributed by atoms with E-state index in [9.17, 15) is 4.79 Å². The number of nitrogens with zero attached hydrogens (tertiary/aromatic N) is 1. The molecule has 1 amide bonds. The maximum absolute atomic E-state index is 12.2. The number of hydrogen-bond donors (Lipinski definition) is 1. The van der Waals surface area contributed by atoms with Crippen molar-refractivity contribution >= 4 is 28.5 Å². The minimum atomic E-state index is -0.217. The molecule has 0 aliphatic rings. The molecule has 0 saturated carbocycles. The Balaban J connectivity index is 1.51. The second-order valence-electron chi connectivity index (χ2n) is 6.71. The second kappa shape index (κ2) is 11.2. The second-order valence-corrected chi connectivity index (χ2v) is 7.57. The molecular weight excluding hydrogens is 396 g/mol. The van der Waals surface area contributed by atoms with Gasteiger partial charge in [-0.2, -0.15) is 0 Å². The molecule has 0 unspecified atom stereocenters. The molecule has 0 fully saturated rings. The molecule has 1 aromatic heterocycles. The minimum Gasteiger partial charge on any atom is -0.497 e. The van der Waals surface area contributed by atoms with E-state index < -0.39 is 0 Å². The van der Waals surface area contributed by atoms with Crippen LogP contribution in [0.5, 0.6) is 11.5 Å². The highest BCUT2D eigenvalue weighted by Crippen LogP contribution is 2.26. The summed E-state index contributed by atoms with van der Waals surface area (Å²) in [5.41, 5.74) is 2.72. The molecule has 0 atom stereocenters. The molecule has 0 aliphatic heterocycles. The third-order valence-electron chi connectivity index (χ3n) is 4.44. The Morgan fingerprint density at radius 3 is 2.50 bits per heavy atom. The van der Waals surface area contributed by atoms with E-state index in [4.69, 9.17) is 9.47 Å². The van der Waals surface area contributed by atoms with Crippen LogP contribution in [-0.2, 0) is 4.79 Å². The van der Waals surface area contributed by atoms with Crippen LogP contribution in [0.2, 0.25) is 0 Å². The molecule has 0 spiro atoms. The molecular formula is C24H26N2O3S. The highest BCUT2D eigenvalue weighted by atomic mass is 32.1. The van der Waals surface area contributed by atoms with Gasteiger partial charge in [0.1, 0.15) is 11.5 Å². The largest absolute Gasteiger partial charge is 0.497 e. The average Bonchev–Trinajstić information content (AvgIpc) is 3.24. The van der Waals surface area contributed by atoms with Crippen molar-refractivity contribution in [1.82, 2.24) is 4.98 Å². The summed E-state index contributed by atoms with van der Waals surface area (Å²) in [5, 5.41) is 5.29. The van der Waals surface area contributed by atoms with E-state index >= 15 is 0 Å². The number of methoxy groups -OCH3 is 1. The summed E-state index contributed by atoms with van der Waals surface area (Å²) in [4.78, 5) is 16.7. The lowest BCUT2D eigenvalue weighted by molar-refractivity contribution is -0.111. The molecule has 0 bridgehead atoms. The number of carbonyl (C=O) groups excluding carboxylic acids is 1. The van der Waals surface area contributed by atoms with Gasteiger partial charge in [0.05, 0.1) is 19.4 Å². The zero-order chi connectivity index (χ0) is 21.2. The lowest BCUT2D eigenvalue weighted by Crippen LogP contribution is -2.07. The van der Waals surface area contributed by atoms with E-state index in [0.29, 0.717) is 5.13 Å². The summed E-state index contributed by atoms with van der Waals surface area (Å²) in [7, 11) is 1.63. The molecule has 6 heteroatoms. The lowest BCUT2D eigenvalue weighted by Gasteiger charge is -2.05. The quantitative estimate of drug-likeness (QED) is 0.320. The van der Waals surface area contributed by atoms with Crippen LogP contribution in [0.3, 0.4) is 0 Å². The zero-order valence-electron chi connectivity index (χ0n) is 17.3. The molecule has 1 N–H and O–H groups in total. The van der Waals surface area contributed by atoms with E-state index in [0.717, 1.165) is 41.3 Å². The zero-order valence-corrected chi connectivity index (χ0v) is 18.1. The number of hydrogen-bond acceptors (Lipinski definition) is 5. The smallest absolute Gasteiger partial charge is 0.250 e. The van der Waals surface area contributed by atoms with Crippen molar-refractivity contribution in [2.24, 2.45) is 0 Å². The molecule has 0 saturated heterocycles. The van der Waals surface area contributed by atoms with Crippen molar-refractivity contribution < 1.29 is 14.3 Å². The van der Waals surface area contributed by atoms with Crippen LogP contribution in [0.4, 0.5) is 5.13 Å². The first-order valence-corrected chi connectivity index (χ1v) is 10.9. The fraction of sp³-hybridized carbons (Fsp3) is 0.250. The number of anilines is 1. The predicted molar refractivity (Wildman–Crippen MR) is 123 cm³/mol. The third kappa shape index (κ3) is 6.46. The molecule has 156 valence electrons. The summed E-state index contributed by atoms with van der Waals surface area (Å²) in [6.07, 6.45) is 6.70. The van der Waals surface area contributed by atoms with E-state index in [1.807, 2.05) is 53.9 Å². The van der Waals surface area contributed by atoms with Gasteiger partial charge in [0.15, 0.2) is 5.13 Å². The van der Waals surface area contributed by atoms with Gasteiger partial charge in [-0.1, -0.05) is 31.9 Å². The van der Waals surface area contributed by atoms with Gasteiger partial charge in [-0.15, -0.1) is 11.3 Å². The van der Waals surface area contributed by atoms with Crippen molar-refractivity contribution in [2.75, 3.05) is 19.0 Å². The molecule has 1 heterocycles. The number of unbranched alkanes of at least 4 members (excludes halogenated alkanes) is 2. The first-order chi connectivity index (χ1) is 14.7. The van der Waals surface area contributed by atoms with Crippen LogP contribution >= 0.6 is 11.3 Å². The number of amides is 1. The Morgan fingerprint density at radius 2 is 1.80 bits per heavy atom. The Labute approximate surface area is 181 Å². The summed E-state index contributed by atoms with van der Waals surface area (Å²) in [6.45, 7) is 2.91. The SMILES string of the molecule is CCCCCOc1ccc(/C=C/C(=O)Nc2nc(-c3ccc(OC)cc3)cs2)cc1. The highest BCUT2D eigenvalue weighted by Gasteiger charge is 2.07. The van der Waals surface area contributed by atoms with Gasteiger partial charge < -0.3 is 9.47 Å². The van der Waals surface area contributed by atoms with Crippen LogP contribution in [0, 0.1) is 0 Å². The van der Waals surface area contributed by atoms with E-state index in [-0.39, 0.29) is 5.91 Å². The predicted octanol–water partition coefficient (Wildman–Crippen LogP) is 6.04. The summed E-state index contributed by atoms with van der Waals surface area (Å²) in [5.74, 6) is 1.43. The van der Waals surface area contributed by atoms with Crippen molar-refractivity contribution in [3.63, 3.8) is 0 Å². The van der Waals surface area contributed by atoms with E-state index in [2.05, 4.69) is 17.2 Å². The molecule has 3 aromatic rings. The summed E-state index contributed by atoms with van der Waals surface area (Å²) >= 11 is 1.39. The van der Waals surface area contributed by atoms with Crippen molar-refractivity contribution in [1.29, 1.82) is 0 Å². The Kier molecular flexibility index (Phi) is 8.03. The monoisotopic (exact) mass is 422 g/mol. The lowest BCUT2D eigenvalue weighted by atomic mass is 10.2. The molecule has 30 heavy (non-hydrogen) atoms. The van der Waals surface area contributed by atoms with Gasteiger partial charge in [0.2, 0.25) is 5.91 Å². The van der Waals surface area contributed by atoms with Crippen molar-refractivity contribution in [3.05, 3.63) is 65.6 Å². The number of benzene rings is 2. The van der Waals surface area contributed by atoms with Gasteiger partial charge in [-0.05, 0) is 54.5 Å². The maximum atomic E-state index is 12.2. The fourth-order valence-electron chi connectivity index (χ4n) is 2.76. The van der Waals surface area contributed by atoms with Crippen LogP contribution in [0.1, 0.15) is 31.7 Å². The molecule has 0 radical (unpaired) electrons. The van der Waals surface area contributed by atoms with Crippen molar-refractivity contribution in [2.45, 2.75) is 26.2 Å². The first kappa shape index (κ1) is 21.6. The Morgan fingerprint density at radius 1 is 1.07 bits per heavy atom. The number of aromatic nitrogens is 1. The molecule has 5 nitrogen and oxygen atoms in total. The van der Waals surface area contributed by atoms with Gasteiger partial charge in [-0.25, -0.2) is 4.98 Å². The van der Waals surface area contributed by atoms with Gasteiger partial charge in [0.25, 0.3) is 0 Å². The fourth-order valence-corrected chi connectivity index (χ4v) is 3.48. The molecule has 3 rings (SSSR count). The number of ether oxygens (including phenoxy) is 2. The summed E-state index contributed by atoms with van der Waals surface area (Å²) in [6, 6.07) is 15.4. The number of carbonyl (C=O) groups is 1. The molecule has 0 aliphatic carbocycles. The average molecular weight is 423 g/mol. The Hall–Kier alpha value is -3.12. The van der Waals surface area contributed by atoms with Crippen LogP contribution in [0.15, 0.2) is 60.0 Å². The van der Waals surface area contributed by atoms with Gasteiger partial charge in [-0.3, -0.25) is 10.1 Å². The van der Waals surface area contributed by atoms with E-state index in [1.165, 1.54) is 30.3 Å². The van der Waals surface area contributed by atoms with Crippen LogP contribution in [0.25, 0.3) is 17.3 Å². The minimum absolute atomic E-state index is 0.217. The first-order valence-electron chi connectivity index (χ1n) is 10.00. The van der Waals surface area contributed by atoms with Crippen LogP contribution < -0.4 is 14.8 Å². The summed E-state index contributed by atoms with van der Waals surface area (Å²) < 4.78 is 10.9. The number of nitrogens with one attached hydrogen (secondary N) is 1. The third-order valence-corrected chi connectivity index (χ3v) is 5.20. The van der Waals surface area contributed by atoms with Crippen molar-refractivity contribution in [3.8, 4) is 22.8 Å². The highest BCUT2D eigenvalue weighted by molar-refractivity contribution is 7.14. The van der Waals surface area contributed by atoms with Crippen LogP contribution in [-0.4, -0.2) is 24.6 Å². The normalized spacial score (nSPS) is 10.9. The standard InChI is InChI=1S/C24H26N2O3S/c1-3-4-5-16-29-21-11-6-18(7-12-21)8-15-23(27)26-24-25-22(17-30-24)19-9-13-20(28-2)14-10-19/h6-15,17H,3-5,16H2,1-2H3,(H,25,26,27)/b15-8+. The van der Waals surface area contributed by atoms with E-state index in [1.54, 1.807) is 13.2 Å². The maximum Gasteiger partial charge on any atom is 0.250 e. The number of thiazole rings is 1. The van der Waals surface area contributed by atoms with Gasteiger partial charge in [0, 0.05) is 17.0 Å². The van der Waals surface area contributed by atoms with Gasteiger partial charge >= 0.3 is 0 Å². The topological polar surface area (TPSA) is 60.5 Å².